The number of nitrogens with one attached hydrogen (secondary N) is 2. The summed E-state index contributed by atoms with van der Waals surface area (Å²) in [5.74, 6) is 0.510. The van der Waals surface area contributed by atoms with Crippen molar-refractivity contribution in [1.82, 2.24) is 15.3 Å². The van der Waals surface area contributed by atoms with Crippen molar-refractivity contribution in [3.63, 3.8) is 0 Å². The maximum atomic E-state index is 13.8. The Morgan fingerprint density at radius 1 is 1.38 bits per heavy atom. The van der Waals surface area contributed by atoms with Gasteiger partial charge in [0.25, 0.3) is 0 Å². The number of nitrogens with zero attached hydrogens (tertiary/aromatic N) is 3. The lowest BCUT2D eigenvalue weighted by atomic mass is 10.2. The van der Waals surface area contributed by atoms with Crippen LogP contribution in [0.25, 0.3) is 0 Å². The molecule has 7 heteroatoms. The van der Waals surface area contributed by atoms with E-state index in [2.05, 4.69) is 20.6 Å². The van der Waals surface area contributed by atoms with E-state index in [0.29, 0.717) is 24.7 Å². The van der Waals surface area contributed by atoms with E-state index in [-0.39, 0.29) is 17.9 Å². The number of amides is 2. The van der Waals surface area contributed by atoms with Crippen LogP contribution in [-0.2, 0) is 0 Å². The largest absolute Gasteiger partial charge is 0.352 e. The van der Waals surface area contributed by atoms with E-state index in [1.54, 1.807) is 12.3 Å². The van der Waals surface area contributed by atoms with Gasteiger partial charge in [0.2, 0.25) is 0 Å². The van der Waals surface area contributed by atoms with Crippen LogP contribution < -0.4 is 15.5 Å². The highest BCUT2D eigenvalue weighted by atomic mass is 19.1. The molecule has 3 rings (SSSR count). The Morgan fingerprint density at radius 2 is 2.21 bits per heavy atom. The molecule has 0 bridgehead atoms. The molecule has 24 heavy (non-hydrogen) atoms. The Bertz CT molecular complexity index is 731. The summed E-state index contributed by atoms with van der Waals surface area (Å²) in [6, 6.07) is 6.35. The second kappa shape index (κ2) is 6.82. The van der Waals surface area contributed by atoms with Crippen molar-refractivity contribution in [2.75, 3.05) is 23.3 Å². The molecule has 0 aromatic carbocycles. The Labute approximate surface area is 140 Å². The number of aromatic nitrogens is 2. The predicted molar refractivity (Wildman–Crippen MR) is 90.7 cm³/mol. The fourth-order valence-corrected chi connectivity index (χ4v) is 2.92. The standard InChI is InChI=1S/C17H20FN5O/c1-11-8-12(2)20-15(9-11)22-17(24)21-13-5-7-23(10-13)16-14(18)4-3-6-19-16/h3-4,6,8-9,13H,5,7,10H2,1-2H3,(H2,20,21,22,24)/t13-/m0/s1. The summed E-state index contributed by atoms with van der Waals surface area (Å²) < 4.78 is 13.8. The molecule has 1 aliphatic heterocycles. The van der Waals surface area contributed by atoms with Crippen molar-refractivity contribution in [2.45, 2.75) is 26.3 Å². The highest BCUT2D eigenvalue weighted by Gasteiger charge is 2.26. The smallest absolute Gasteiger partial charge is 0.320 e. The fraction of sp³-hybridized carbons (Fsp3) is 0.353. The van der Waals surface area contributed by atoms with Crippen molar-refractivity contribution >= 4 is 17.7 Å². The van der Waals surface area contributed by atoms with E-state index in [4.69, 9.17) is 0 Å². The average molecular weight is 329 g/mol. The summed E-state index contributed by atoms with van der Waals surface area (Å²) in [7, 11) is 0. The van der Waals surface area contributed by atoms with E-state index in [9.17, 15) is 9.18 Å². The second-order valence-electron chi connectivity index (χ2n) is 6.01. The normalized spacial score (nSPS) is 17.0. The molecule has 3 heterocycles. The number of rotatable bonds is 3. The summed E-state index contributed by atoms with van der Waals surface area (Å²) >= 11 is 0. The summed E-state index contributed by atoms with van der Waals surface area (Å²) in [5.41, 5.74) is 1.89. The molecule has 0 aliphatic carbocycles. The minimum absolute atomic E-state index is 0.0580. The van der Waals surface area contributed by atoms with Crippen LogP contribution in [0, 0.1) is 19.7 Å². The molecule has 0 radical (unpaired) electrons. The molecule has 2 amide bonds. The molecule has 0 spiro atoms. The first kappa shape index (κ1) is 16.2. The van der Waals surface area contributed by atoms with Crippen molar-refractivity contribution in [3.8, 4) is 0 Å². The van der Waals surface area contributed by atoms with Gasteiger partial charge >= 0.3 is 6.03 Å². The number of hydrogen-bond acceptors (Lipinski definition) is 4. The summed E-state index contributed by atoms with van der Waals surface area (Å²) in [6.07, 6.45) is 2.31. The van der Waals surface area contributed by atoms with Crippen LogP contribution in [0.15, 0.2) is 30.5 Å². The minimum atomic E-state index is -0.345. The Balaban J connectivity index is 1.57. The van der Waals surface area contributed by atoms with Gasteiger partial charge < -0.3 is 10.2 Å². The predicted octanol–water partition coefficient (Wildman–Crippen LogP) is 2.63. The Hall–Kier alpha value is -2.70. The van der Waals surface area contributed by atoms with E-state index >= 15 is 0 Å². The van der Waals surface area contributed by atoms with Gasteiger partial charge in [-0.25, -0.2) is 19.2 Å². The van der Waals surface area contributed by atoms with Crippen molar-refractivity contribution in [1.29, 1.82) is 0 Å². The third-order valence-electron chi connectivity index (χ3n) is 3.90. The van der Waals surface area contributed by atoms with Crippen LogP contribution in [0.2, 0.25) is 0 Å². The number of hydrogen-bond donors (Lipinski definition) is 2. The molecule has 126 valence electrons. The second-order valence-corrected chi connectivity index (χ2v) is 6.01. The van der Waals surface area contributed by atoms with Gasteiger partial charge in [-0.05, 0) is 50.1 Å². The molecule has 0 unspecified atom stereocenters. The van der Waals surface area contributed by atoms with Gasteiger partial charge in [0.15, 0.2) is 11.6 Å². The molecule has 6 nitrogen and oxygen atoms in total. The molecule has 2 aromatic heterocycles. The molecule has 1 saturated heterocycles. The van der Waals surface area contributed by atoms with Gasteiger partial charge in [-0.1, -0.05) is 0 Å². The lowest BCUT2D eigenvalue weighted by molar-refractivity contribution is 0.249. The van der Waals surface area contributed by atoms with Crippen LogP contribution in [-0.4, -0.2) is 35.1 Å². The van der Waals surface area contributed by atoms with Crippen LogP contribution in [0.5, 0.6) is 0 Å². The first-order chi connectivity index (χ1) is 11.5. The first-order valence-electron chi connectivity index (χ1n) is 7.89. The Kier molecular flexibility index (Phi) is 4.59. The number of urea groups is 1. The fourth-order valence-electron chi connectivity index (χ4n) is 2.92. The third-order valence-corrected chi connectivity index (χ3v) is 3.90. The van der Waals surface area contributed by atoms with Crippen LogP contribution in [0.4, 0.5) is 20.8 Å². The SMILES string of the molecule is Cc1cc(C)nc(NC(=O)N[C@H]2CCN(c3ncccc3F)C2)c1. The highest BCUT2D eigenvalue weighted by Crippen LogP contribution is 2.20. The molecule has 1 atom stereocenters. The topological polar surface area (TPSA) is 70.2 Å². The monoisotopic (exact) mass is 329 g/mol. The zero-order valence-electron chi connectivity index (χ0n) is 13.7. The number of pyridine rings is 2. The van der Waals surface area contributed by atoms with Crippen molar-refractivity contribution in [2.24, 2.45) is 0 Å². The molecular weight excluding hydrogens is 309 g/mol. The van der Waals surface area contributed by atoms with E-state index in [1.807, 2.05) is 30.9 Å². The van der Waals surface area contributed by atoms with E-state index in [1.165, 1.54) is 6.07 Å². The molecule has 1 aliphatic rings. The average Bonchev–Trinajstić information content (AvgIpc) is 2.94. The van der Waals surface area contributed by atoms with Crippen molar-refractivity contribution in [3.05, 3.63) is 47.5 Å². The molecule has 2 aromatic rings. The minimum Gasteiger partial charge on any atom is -0.352 e. The molecule has 2 N–H and O–H groups in total. The van der Waals surface area contributed by atoms with Gasteiger partial charge in [0.1, 0.15) is 5.82 Å². The van der Waals surface area contributed by atoms with Crippen LogP contribution >= 0.6 is 0 Å². The van der Waals surface area contributed by atoms with Gasteiger partial charge in [-0.2, -0.15) is 0 Å². The number of carbonyl (C=O) groups excluding carboxylic acids is 1. The van der Waals surface area contributed by atoms with Gasteiger partial charge in [-0.15, -0.1) is 0 Å². The molecule has 0 saturated carbocycles. The van der Waals surface area contributed by atoms with Crippen LogP contribution in [0.3, 0.4) is 0 Å². The quantitative estimate of drug-likeness (QED) is 0.908. The molecule has 1 fully saturated rings. The maximum absolute atomic E-state index is 13.8. The number of aryl methyl sites for hydroxylation is 2. The number of carbonyl (C=O) groups is 1. The lowest BCUT2D eigenvalue weighted by Gasteiger charge is -2.18. The van der Waals surface area contributed by atoms with E-state index in [0.717, 1.165) is 17.7 Å². The van der Waals surface area contributed by atoms with Gasteiger partial charge in [0, 0.05) is 31.0 Å². The zero-order valence-corrected chi connectivity index (χ0v) is 13.7. The van der Waals surface area contributed by atoms with Gasteiger partial charge in [-0.3, -0.25) is 5.32 Å². The number of halogens is 1. The molecular formula is C17H20FN5O. The van der Waals surface area contributed by atoms with Crippen molar-refractivity contribution < 1.29 is 9.18 Å². The summed E-state index contributed by atoms with van der Waals surface area (Å²) in [5, 5.41) is 5.65. The summed E-state index contributed by atoms with van der Waals surface area (Å²) in [6.45, 7) is 5.02. The Morgan fingerprint density at radius 3 is 2.96 bits per heavy atom. The third kappa shape index (κ3) is 3.79. The van der Waals surface area contributed by atoms with Crippen LogP contribution in [0.1, 0.15) is 17.7 Å². The first-order valence-corrected chi connectivity index (χ1v) is 7.89. The maximum Gasteiger partial charge on any atom is 0.320 e. The lowest BCUT2D eigenvalue weighted by Crippen LogP contribution is -2.40. The zero-order chi connectivity index (χ0) is 17.1. The van der Waals surface area contributed by atoms with Gasteiger partial charge in [0.05, 0.1) is 0 Å². The summed E-state index contributed by atoms with van der Waals surface area (Å²) in [4.78, 5) is 22.3. The number of anilines is 2. The van der Waals surface area contributed by atoms with E-state index < -0.39 is 0 Å². The highest BCUT2D eigenvalue weighted by molar-refractivity contribution is 5.88.